The number of thiazole rings is 2. The van der Waals surface area contributed by atoms with Gasteiger partial charge in [0.2, 0.25) is 0 Å². The second kappa shape index (κ2) is 4.99. The zero-order valence-corrected chi connectivity index (χ0v) is 11.8. The fourth-order valence-corrected chi connectivity index (χ4v) is 3.16. The predicted molar refractivity (Wildman–Crippen MR) is 79.6 cm³/mol. The number of nitrogens with two attached hydrogens (primary N) is 1. The van der Waals surface area contributed by atoms with E-state index in [0.29, 0.717) is 5.13 Å². The SMILES string of the molecule is COc1ccccc1-c1csc(-c2csc(N)n2)n1. The summed E-state index contributed by atoms with van der Waals surface area (Å²) in [5.74, 6) is 0.817. The van der Waals surface area contributed by atoms with Crippen LogP contribution in [0.3, 0.4) is 0 Å². The van der Waals surface area contributed by atoms with Gasteiger partial charge in [0.25, 0.3) is 0 Å². The summed E-state index contributed by atoms with van der Waals surface area (Å²) in [4.78, 5) is 8.84. The summed E-state index contributed by atoms with van der Waals surface area (Å²) >= 11 is 2.97. The van der Waals surface area contributed by atoms with Crippen molar-refractivity contribution < 1.29 is 4.74 Å². The summed E-state index contributed by atoms with van der Waals surface area (Å²) in [5.41, 5.74) is 8.35. The first-order chi connectivity index (χ1) is 9.28. The standard InChI is InChI=1S/C13H11N3OS2/c1-17-11-5-3-2-4-8(11)9-6-18-12(15-9)10-7-19-13(14)16-10/h2-7H,1H3,(H2,14,16). The third-order valence-corrected chi connectivity index (χ3v) is 4.17. The highest BCUT2D eigenvalue weighted by atomic mass is 32.1. The molecule has 0 aliphatic heterocycles. The molecule has 3 aromatic rings. The van der Waals surface area contributed by atoms with Crippen LogP contribution in [0, 0.1) is 0 Å². The molecule has 0 amide bonds. The van der Waals surface area contributed by atoms with E-state index in [1.54, 1.807) is 18.4 Å². The average Bonchev–Trinajstić information content (AvgIpc) is 3.07. The lowest BCUT2D eigenvalue weighted by Gasteiger charge is -2.04. The van der Waals surface area contributed by atoms with Gasteiger partial charge in [-0.25, -0.2) is 9.97 Å². The molecule has 2 heterocycles. The van der Waals surface area contributed by atoms with Crippen LogP contribution in [0.2, 0.25) is 0 Å². The Hall–Kier alpha value is -1.92. The maximum atomic E-state index is 5.64. The highest BCUT2D eigenvalue weighted by molar-refractivity contribution is 7.15. The first kappa shape index (κ1) is 12.1. The average molecular weight is 289 g/mol. The van der Waals surface area contributed by atoms with Gasteiger partial charge in [-0.3, -0.25) is 0 Å². The van der Waals surface area contributed by atoms with Crippen molar-refractivity contribution in [1.82, 2.24) is 9.97 Å². The van der Waals surface area contributed by atoms with Crippen LogP contribution in [-0.2, 0) is 0 Å². The molecule has 1 aromatic carbocycles. The first-order valence-corrected chi connectivity index (χ1v) is 7.34. The second-order valence-electron chi connectivity index (χ2n) is 3.81. The lowest BCUT2D eigenvalue weighted by atomic mass is 10.1. The van der Waals surface area contributed by atoms with Gasteiger partial charge >= 0.3 is 0 Å². The molecular formula is C13H11N3OS2. The van der Waals surface area contributed by atoms with Crippen LogP contribution in [-0.4, -0.2) is 17.1 Å². The number of rotatable bonds is 3. The Morgan fingerprint density at radius 1 is 1.05 bits per heavy atom. The number of methoxy groups -OCH3 is 1. The minimum Gasteiger partial charge on any atom is -0.496 e. The normalized spacial score (nSPS) is 10.6. The van der Waals surface area contributed by atoms with E-state index < -0.39 is 0 Å². The van der Waals surface area contributed by atoms with Gasteiger partial charge < -0.3 is 10.5 Å². The van der Waals surface area contributed by atoms with Crippen molar-refractivity contribution in [2.45, 2.75) is 0 Å². The van der Waals surface area contributed by atoms with Crippen molar-refractivity contribution in [1.29, 1.82) is 0 Å². The Kier molecular flexibility index (Phi) is 3.18. The van der Waals surface area contributed by atoms with E-state index in [9.17, 15) is 0 Å². The lowest BCUT2D eigenvalue weighted by Crippen LogP contribution is -1.87. The molecule has 0 spiro atoms. The van der Waals surface area contributed by atoms with Gasteiger partial charge in [-0.05, 0) is 12.1 Å². The minimum absolute atomic E-state index is 0.559. The van der Waals surface area contributed by atoms with Crippen molar-refractivity contribution in [3.8, 4) is 27.7 Å². The molecule has 0 aliphatic rings. The van der Waals surface area contributed by atoms with Crippen LogP contribution in [0.4, 0.5) is 5.13 Å². The molecule has 2 N–H and O–H groups in total. The molecule has 0 bridgehead atoms. The zero-order valence-electron chi connectivity index (χ0n) is 10.2. The van der Waals surface area contributed by atoms with Crippen LogP contribution >= 0.6 is 22.7 Å². The van der Waals surface area contributed by atoms with E-state index in [4.69, 9.17) is 10.5 Å². The lowest BCUT2D eigenvalue weighted by molar-refractivity contribution is 0.416. The van der Waals surface area contributed by atoms with Crippen molar-refractivity contribution in [2.24, 2.45) is 0 Å². The van der Waals surface area contributed by atoms with E-state index >= 15 is 0 Å². The molecule has 0 aliphatic carbocycles. The molecular weight excluding hydrogens is 278 g/mol. The van der Waals surface area contributed by atoms with Gasteiger partial charge in [-0.1, -0.05) is 12.1 Å². The summed E-state index contributed by atoms with van der Waals surface area (Å²) in [7, 11) is 1.66. The van der Waals surface area contributed by atoms with Crippen LogP contribution < -0.4 is 10.5 Å². The fraction of sp³-hybridized carbons (Fsp3) is 0.0769. The highest BCUT2D eigenvalue weighted by Gasteiger charge is 2.12. The molecule has 0 atom stereocenters. The van der Waals surface area contributed by atoms with Crippen LogP contribution in [0.15, 0.2) is 35.0 Å². The van der Waals surface area contributed by atoms with Gasteiger partial charge in [0.1, 0.15) is 16.5 Å². The van der Waals surface area contributed by atoms with Crippen LogP contribution in [0.5, 0.6) is 5.75 Å². The zero-order chi connectivity index (χ0) is 13.2. The maximum absolute atomic E-state index is 5.64. The minimum atomic E-state index is 0.559. The number of hydrogen-bond acceptors (Lipinski definition) is 6. The number of nitrogen functional groups attached to an aromatic ring is 1. The molecule has 19 heavy (non-hydrogen) atoms. The van der Waals surface area contributed by atoms with E-state index in [1.165, 1.54) is 11.3 Å². The number of para-hydroxylation sites is 1. The summed E-state index contributed by atoms with van der Waals surface area (Å²) < 4.78 is 5.35. The number of ether oxygens (including phenoxy) is 1. The number of anilines is 1. The van der Waals surface area contributed by atoms with Crippen molar-refractivity contribution in [2.75, 3.05) is 12.8 Å². The van der Waals surface area contributed by atoms with Crippen molar-refractivity contribution in [3.63, 3.8) is 0 Å². The number of hydrogen-bond donors (Lipinski definition) is 1. The maximum Gasteiger partial charge on any atom is 0.180 e. The summed E-state index contributed by atoms with van der Waals surface area (Å²) in [6.07, 6.45) is 0. The third-order valence-electron chi connectivity index (χ3n) is 2.63. The van der Waals surface area contributed by atoms with E-state index in [0.717, 1.165) is 27.7 Å². The van der Waals surface area contributed by atoms with Gasteiger partial charge in [-0.15, -0.1) is 22.7 Å². The van der Waals surface area contributed by atoms with Crippen LogP contribution in [0.25, 0.3) is 22.0 Å². The fourth-order valence-electron chi connectivity index (χ4n) is 1.76. The molecule has 0 unspecified atom stereocenters. The van der Waals surface area contributed by atoms with Gasteiger partial charge in [0.05, 0.1) is 12.8 Å². The summed E-state index contributed by atoms with van der Waals surface area (Å²) in [5, 5.41) is 5.35. The molecule has 0 fully saturated rings. The van der Waals surface area contributed by atoms with Gasteiger partial charge in [0.15, 0.2) is 5.13 Å². The molecule has 0 saturated carbocycles. The summed E-state index contributed by atoms with van der Waals surface area (Å²) in [6, 6.07) is 7.83. The smallest absolute Gasteiger partial charge is 0.180 e. The Labute approximate surface area is 118 Å². The Morgan fingerprint density at radius 3 is 2.58 bits per heavy atom. The largest absolute Gasteiger partial charge is 0.496 e. The molecule has 0 saturated heterocycles. The van der Waals surface area contributed by atoms with Gasteiger partial charge in [-0.2, -0.15) is 0 Å². The molecule has 2 aromatic heterocycles. The third kappa shape index (κ3) is 2.32. The molecule has 4 nitrogen and oxygen atoms in total. The first-order valence-electron chi connectivity index (χ1n) is 5.58. The van der Waals surface area contributed by atoms with Crippen molar-refractivity contribution in [3.05, 3.63) is 35.0 Å². The highest BCUT2D eigenvalue weighted by Crippen LogP contribution is 2.34. The topological polar surface area (TPSA) is 61.0 Å². The Morgan fingerprint density at radius 2 is 1.84 bits per heavy atom. The number of nitrogens with zero attached hydrogens (tertiary/aromatic N) is 2. The second-order valence-corrected chi connectivity index (χ2v) is 5.56. The van der Waals surface area contributed by atoms with Gasteiger partial charge in [0, 0.05) is 16.3 Å². The van der Waals surface area contributed by atoms with Crippen molar-refractivity contribution >= 4 is 27.8 Å². The van der Waals surface area contributed by atoms with E-state index in [-0.39, 0.29) is 0 Å². The quantitative estimate of drug-likeness (QED) is 0.801. The monoisotopic (exact) mass is 289 g/mol. The molecule has 0 radical (unpaired) electrons. The summed E-state index contributed by atoms with van der Waals surface area (Å²) in [6.45, 7) is 0. The number of aromatic nitrogens is 2. The number of benzene rings is 1. The molecule has 3 rings (SSSR count). The predicted octanol–water partition coefficient (Wildman–Crippen LogP) is 3.52. The van der Waals surface area contributed by atoms with E-state index in [2.05, 4.69) is 9.97 Å². The molecule has 96 valence electrons. The Balaban J connectivity index is 2.01. The van der Waals surface area contributed by atoms with E-state index in [1.807, 2.05) is 35.0 Å². The molecule has 6 heteroatoms. The van der Waals surface area contributed by atoms with Crippen LogP contribution in [0.1, 0.15) is 0 Å². The Bertz CT molecular complexity index is 705.